The molecule has 0 spiro atoms. The summed E-state index contributed by atoms with van der Waals surface area (Å²) in [6.07, 6.45) is -0.374. The molecule has 0 fully saturated rings. The Morgan fingerprint density at radius 2 is 1.78 bits per heavy atom. The summed E-state index contributed by atoms with van der Waals surface area (Å²) >= 11 is 0. The molecule has 0 bridgehead atoms. The maximum Gasteiger partial charge on any atom is 0.351 e. The number of aliphatic hydroxyl groups excluding tert-OH is 1. The van der Waals surface area contributed by atoms with Crippen LogP contribution in [0.2, 0.25) is 0 Å². The molecular formula is C17H14FN3O2. The largest absolute Gasteiger partial charge is 0.385 e. The molecule has 23 heavy (non-hydrogen) atoms. The number of benzene rings is 2. The number of halogens is 1. The summed E-state index contributed by atoms with van der Waals surface area (Å²) in [4.78, 5) is 12.7. The molecule has 3 aromatic rings. The fraction of sp³-hybridized carbons (Fsp3) is 0.176. The van der Waals surface area contributed by atoms with Gasteiger partial charge in [0.15, 0.2) is 5.82 Å². The lowest BCUT2D eigenvalue weighted by molar-refractivity contribution is 0.170. The first-order valence-corrected chi connectivity index (χ1v) is 7.35. The molecule has 5 nitrogen and oxygen atoms in total. The molecule has 1 N–H and O–H groups in total. The number of aliphatic hydroxyl groups is 1. The second kappa shape index (κ2) is 5.17. The van der Waals surface area contributed by atoms with E-state index in [2.05, 4.69) is 5.10 Å². The predicted molar refractivity (Wildman–Crippen MR) is 81.9 cm³/mol. The van der Waals surface area contributed by atoms with Crippen LogP contribution in [-0.4, -0.2) is 19.5 Å². The molecule has 0 radical (unpaired) electrons. The minimum atomic E-state index is -0.797. The summed E-state index contributed by atoms with van der Waals surface area (Å²) < 4.78 is 15.8. The van der Waals surface area contributed by atoms with E-state index < -0.39 is 6.10 Å². The van der Waals surface area contributed by atoms with Crippen LogP contribution in [0.4, 0.5) is 4.39 Å². The van der Waals surface area contributed by atoms with Gasteiger partial charge >= 0.3 is 5.69 Å². The summed E-state index contributed by atoms with van der Waals surface area (Å²) in [6, 6.07) is 14.8. The fourth-order valence-electron chi connectivity index (χ4n) is 3.05. The van der Waals surface area contributed by atoms with Gasteiger partial charge in [-0.3, -0.25) is 4.57 Å². The molecule has 0 aliphatic carbocycles. The molecule has 116 valence electrons. The van der Waals surface area contributed by atoms with Crippen molar-refractivity contribution < 1.29 is 9.50 Å². The van der Waals surface area contributed by atoms with Crippen molar-refractivity contribution in [3.63, 3.8) is 0 Å². The van der Waals surface area contributed by atoms with Crippen molar-refractivity contribution in [2.75, 3.05) is 0 Å². The Morgan fingerprint density at radius 1 is 1.09 bits per heavy atom. The van der Waals surface area contributed by atoms with Crippen molar-refractivity contribution in [1.29, 1.82) is 0 Å². The Balaban J connectivity index is 1.85. The highest BCUT2D eigenvalue weighted by Crippen LogP contribution is 2.36. The summed E-state index contributed by atoms with van der Waals surface area (Å²) in [5.41, 5.74) is 1.08. The van der Waals surface area contributed by atoms with Crippen LogP contribution in [0.15, 0.2) is 59.4 Å². The lowest BCUT2D eigenvalue weighted by Crippen LogP contribution is -2.26. The van der Waals surface area contributed by atoms with Gasteiger partial charge in [-0.1, -0.05) is 30.3 Å². The average Bonchev–Trinajstić information content (AvgIpc) is 3.08. The SMILES string of the molecule is O=c1n(-c2ccc(F)cc2)nc2n1[C@H](c1ccccc1)C[C@@H]2O. The van der Waals surface area contributed by atoms with E-state index in [4.69, 9.17) is 0 Å². The molecule has 0 saturated heterocycles. The Hall–Kier alpha value is -2.73. The topological polar surface area (TPSA) is 60.0 Å². The van der Waals surface area contributed by atoms with Crippen LogP contribution in [0.3, 0.4) is 0 Å². The molecule has 1 aliphatic heterocycles. The first-order valence-electron chi connectivity index (χ1n) is 7.35. The van der Waals surface area contributed by atoms with Crippen molar-refractivity contribution in [2.45, 2.75) is 18.6 Å². The molecule has 1 aliphatic rings. The van der Waals surface area contributed by atoms with Gasteiger partial charge in [0.1, 0.15) is 11.9 Å². The van der Waals surface area contributed by atoms with Crippen LogP contribution in [-0.2, 0) is 0 Å². The number of aromatic nitrogens is 3. The Bertz CT molecular complexity index is 900. The zero-order chi connectivity index (χ0) is 16.0. The van der Waals surface area contributed by atoms with Crippen LogP contribution in [0, 0.1) is 5.82 Å². The quantitative estimate of drug-likeness (QED) is 0.789. The molecule has 4 rings (SSSR count). The standard InChI is InChI=1S/C17H14FN3O2/c18-12-6-8-13(9-7-12)21-17(23)20-14(10-15(22)16(20)19-21)11-4-2-1-3-5-11/h1-9,14-15,22H,10H2/t14-,15-/m0/s1. The third kappa shape index (κ3) is 2.19. The molecule has 2 aromatic carbocycles. The van der Waals surface area contributed by atoms with E-state index in [1.54, 1.807) is 0 Å². The van der Waals surface area contributed by atoms with Crippen molar-refractivity contribution in [3.05, 3.63) is 82.3 Å². The normalized spacial score (nSPS) is 19.7. The molecule has 0 amide bonds. The molecule has 2 atom stereocenters. The van der Waals surface area contributed by atoms with Crippen LogP contribution >= 0.6 is 0 Å². The van der Waals surface area contributed by atoms with Gasteiger partial charge in [0, 0.05) is 6.42 Å². The van der Waals surface area contributed by atoms with Gasteiger partial charge in [0.05, 0.1) is 11.7 Å². The van der Waals surface area contributed by atoms with Crippen molar-refractivity contribution in [1.82, 2.24) is 14.3 Å². The van der Waals surface area contributed by atoms with Crippen LogP contribution < -0.4 is 5.69 Å². The van der Waals surface area contributed by atoms with E-state index in [0.29, 0.717) is 17.9 Å². The van der Waals surface area contributed by atoms with E-state index in [9.17, 15) is 14.3 Å². The number of nitrogens with zero attached hydrogens (tertiary/aromatic N) is 3. The number of hydrogen-bond acceptors (Lipinski definition) is 3. The lowest BCUT2D eigenvalue weighted by atomic mass is 10.0. The van der Waals surface area contributed by atoms with E-state index in [0.717, 1.165) is 5.56 Å². The summed E-state index contributed by atoms with van der Waals surface area (Å²) in [5, 5.41) is 14.5. The smallest absolute Gasteiger partial charge is 0.351 e. The van der Waals surface area contributed by atoms with Crippen molar-refractivity contribution >= 4 is 0 Å². The predicted octanol–water partition coefficient (Wildman–Crippen LogP) is 2.20. The minimum absolute atomic E-state index is 0.247. The van der Waals surface area contributed by atoms with E-state index in [1.165, 1.54) is 33.5 Å². The Morgan fingerprint density at radius 3 is 2.48 bits per heavy atom. The Kier molecular flexibility index (Phi) is 3.12. The highest BCUT2D eigenvalue weighted by molar-refractivity contribution is 5.32. The second-order valence-corrected chi connectivity index (χ2v) is 5.58. The van der Waals surface area contributed by atoms with Gasteiger partial charge in [0.2, 0.25) is 0 Å². The monoisotopic (exact) mass is 311 g/mol. The van der Waals surface area contributed by atoms with Gasteiger partial charge in [-0.15, -0.1) is 5.10 Å². The van der Waals surface area contributed by atoms with Crippen LogP contribution in [0.25, 0.3) is 5.69 Å². The number of rotatable bonds is 2. The van der Waals surface area contributed by atoms with E-state index >= 15 is 0 Å². The first kappa shape index (κ1) is 13.9. The van der Waals surface area contributed by atoms with Crippen LogP contribution in [0.1, 0.15) is 30.0 Å². The van der Waals surface area contributed by atoms with Gasteiger partial charge in [-0.05, 0) is 29.8 Å². The zero-order valence-corrected chi connectivity index (χ0v) is 12.1. The molecule has 1 aromatic heterocycles. The van der Waals surface area contributed by atoms with Crippen molar-refractivity contribution in [3.8, 4) is 5.69 Å². The van der Waals surface area contributed by atoms with Crippen LogP contribution in [0.5, 0.6) is 0 Å². The lowest BCUT2D eigenvalue weighted by Gasteiger charge is -2.12. The van der Waals surface area contributed by atoms with Gasteiger partial charge in [0.25, 0.3) is 0 Å². The number of hydrogen-bond donors (Lipinski definition) is 1. The fourth-order valence-corrected chi connectivity index (χ4v) is 3.05. The zero-order valence-electron chi connectivity index (χ0n) is 12.1. The summed E-state index contributed by atoms with van der Waals surface area (Å²) in [5.74, 6) is -0.0380. The molecule has 0 saturated carbocycles. The third-order valence-corrected chi connectivity index (χ3v) is 4.15. The van der Waals surface area contributed by atoms with Gasteiger partial charge < -0.3 is 5.11 Å². The summed E-state index contributed by atoms with van der Waals surface area (Å²) in [6.45, 7) is 0. The van der Waals surface area contributed by atoms with Crippen molar-refractivity contribution in [2.24, 2.45) is 0 Å². The Labute approximate surface area is 131 Å². The number of fused-ring (bicyclic) bond motifs is 1. The average molecular weight is 311 g/mol. The van der Waals surface area contributed by atoms with E-state index in [-0.39, 0.29) is 17.5 Å². The minimum Gasteiger partial charge on any atom is -0.385 e. The summed E-state index contributed by atoms with van der Waals surface area (Å²) in [7, 11) is 0. The third-order valence-electron chi connectivity index (χ3n) is 4.15. The molecule has 2 heterocycles. The van der Waals surface area contributed by atoms with Gasteiger partial charge in [-0.25, -0.2) is 9.18 Å². The second-order valence-electron chi connectivity index (χ2n) is 5.58. The first-order chi connectivity index (χ1) is 11.1. The molecule has 6 heteroatoms. The highest BCUT2D eigenvalue weighted by atomic mass is 19.1. The maximum atomic E-state index is 13.1. The molecule has 0 unspecified atom stereocenters. The van der Waals surface area contributed by atoms with Gasteiger partial charge in [-0.2, -0.15) is 4.68 Å². The maximum absolute atomic E-state index is 13.1. The van der Waals surface area contributed by atoms with E-state index in [1.807, 2.05) is 30.3 Å². The molecular weight excluding hydrogens is 297 g/mol. The highest BCUT2D eigenvalue weighted by Gasteiger charge is 2.35.